The van der Waals surface area contributed by atoms with Crippen molar-refractivity contribution in [2.24, 2.45) is 20.5 Å². The Hall–Kier alpha value is -7.20. The van der Waals surface area contributed by atoms with Crippen LogP contribution >= 0.6 is 0 Å². The third-order valence-corrected chi connectivity index (χ3v) is 15.0. The van der Waals surface area contributed by atoms with Crippen LogP contribution in [-0.2, 0) is 69.1 Å². The van der Waals surface area contributed by atoms with Crippen molar-refractivity contribution in [1.82, 2.24) is 9.97 Å². The third kappa shape index (κ3) is 18.3. The third-order valence-electron chi connectivity index (χ3n) is 9.70. The first-order valence-electron chi connectivity index (χ1n) is 20.9. The zero-order chi connectivity index (χ0) is 56.9. The van der Waals surface area contributed by atoms with Crippen LogP contribution in [0.4, 0.5) is 46.0 Å². The summed E-state index contributed by atoms with van der Waals surface area (Å²) in [7, 11) is -27.3. The first-order chi connectivity index (χ1) is 35.3. The first kappa shape index (κ1) is 61.3. The standard InChI is InChI=1S/C40H44N12O18S6/c1-5-71(53,54)19-15-45-38-32(24-42)26(4)35(39(48-38)44-14-18-70-76(66,67)68)51-49-29-11-9-27(33(21-29)73(57,58)59)7-8-28-10-12-30(22-34(28)74(60,61)62)50-52-36-25(3)31(23-41)37(43-13-17-69-75(63,64)65)47-40(36)46-16-20-72(55,56)6-2/h5-12,21-22H,1-2,13-20H2,3-4H3,(H2,43,46,47)(H2,44,45,48)(H,57,58,59)(H,60,61,62)(H,63,64,65)(H,66,67,68)/b8-7+,51-49+,52-50+. The summed E-state index contributed by atoms with van der Waals surface area (Å²) < 4.78 is 190. The van der Waals surface area contributed by atoms with Crippen LogP contribution in [0.25, 0.3) is 12.2 Å². The van der Waals surface area contributed by atoms with Gasteiger partial charge in [-0.3, -0.25) is 18.2 Å². The van der Waals surface area contributed by atoms with Gasteiger partial charge >= 0.3 is 20.8 Å². The molecule has 0 aliphatic rings. The molecule has 0 radical (unpaired) electrons. The fraction of sp³-hybridized carbons (Fsp3) is 0.250. The van der Waals surface area contributed by atoms with Crippen LogP contribution in [0.3, 0.4) is 0 Å². The van der Waals surface area contributed by atoms with Gasteiger partial charge in [0, 0.05) is 48.1 Å². The number of rotatable bonds is 28. The number of azo groups is 2. The van der Waals surface area contributed by atoms with E-state index < -0.39 is 95.2 Å². The van der Waals surface area contributed by atoms with Crippen molar-refractivity contribution >= 4 is 119 Å². The Labute approximate surface area is 436 Å². The van der Waals surface area contributed by atoms with Crippen molar-refractivity contribution in [1.29, 1.82) is 10.5 Å². The molecule has 0 saturated carbocycles. The van der Waals surface area contributed by atoms with Crippen LogP contribution in [0.15, 0.2) is 90.6 Å². The quantitative estimate of drug-likeness (QED) is 0.0165. The molecule has 0 amide bonds. The van der Waals surface area contributed by atoms with Crippen molar-refractivity contribution < 1.29 is 77.1 Å². The summed E-state index contributed by atoms with van der Waals surface area (Å²) in [5, 5.41) is 48.5. The van der Waals surface area contributed by atoms with E-state index in [-0.39, 0.29) is 106 Å². The average molecular weight is 1170 g/mol. The number of nitrogens with zero attached hydrogens (tertiary/aromatic N) is 8. The second-order valence-corrected chi connectivity index (χ2v) is 24.0. The number of benzene rings is 2. The molecule has 8 N–H and O–H groups in total. The topological polar surface area (TPSA) is 475 Å². The van der Waals surface area contributed by atoms with Gasteiger partial charge < -0.3 is 21.3 Å². The molecule has 408 valence electrons. The van der Waals surface area contributed by atoms with E-state index >= 15 is 0 Å². The van der Waals surface area contributed by atoms with E-state index in [0.717, 1.165) is 47.2 Å². The summed E-state index contributed by atoms with van der Waals surface area (Å²) in [5.74, 6) is -1.57. The highest BCUT2D eigenvalue weighted by atomic mass is 32.3. The van der Waals surface area contributed by atoms with Crippen molar-refractivity contribution in [2.45, 2.75) is 23.6 Å². The van der Waals surface area contributed by atoms with E-state index in [2.05, 4.69) is 73.2 Å². The van der Waals surface area contributed by atoms with Crippen LogP contribution < -0.4 is 21.3 Å². The summed E-state index contributed by atoms with van der Waals surface area (Å²) in [4.78, 5) is 6.94. The van der Waals surface area contributed by atoms with Crippen LogP contribution in [-0.4, -0.2) is 130 Å². The van der Waals surface area contributed by atoms with Crippen molar-refractivity contribution in [3.63, 3.8) is 0 Å². The average Bonchev–Trinajstić information content (AvgIpc) is 3.32. The molecule has 0 saturated heterocycles. The molecule has 0 aliphatic carbocycles. The number of nitriles is 2. The smallest absolute Gasteiger partial charge is 0.368 e. The molecule has 0 unspecified atom stereocenters. The Morgan fingerprint density at radius 2 is 0.895 bits per heavy atom. The van der Waals surface area contributed by atoms with E-state index in [4.69, 9.17) is 9.11 Å². The zero-order valence-corrected chi connectivity index (χ0v) is 44.3. The SMILES string of the molecule is C=CS(=O)(=O)CCNc1nc(NCCOS(=O)(=O)O)c(/N=N/c2ccc(/C=C/c3ccc(/N=N/c4c(NCCS(=O)(=O)C=C)nc(NCCOS(=O)(=O)O)c(C#N)c4C)cc3S(=O)(=O)O)c(S(=O)(=O)O)c2)c(C)c1C#N. The Kier molecular flexibility index (Phi) is 20.6. The number of nitrogens with one attached hydrogen (secondary N) is 4. The van der Waals surface area contributed by atoms with E-state index in [1.807, 2.05) is 12.1 Å². The maximum absolute atomic E-state index is 12.7. The first-order valence-corrected chi connectivity index (χ1v) is 29.9. The van der Waals surface area contributed by atoms with Gasteiger partial charge in [-0.05, 0) is 49.2 Å². The van der Waals surface area contributed by atoms with Crippen molar-refractivity contribution in [3.05, 3.63) is 93.8 Å². The minimum absolute atomic E-state index is 0.0779. The molecule has 0 atom stereocenters. The predicted molar refractivity (Wildman–Crippen MR) is 274 cm³/mol. The normalized spacial score (nSPS) is 12.6. The summed E-state index contributed by atoms with van der Waals surface area (Å²) in [5.41, 5.74) is -1.46. The summed E-state index contributed by atoms with van der Waals surface area (Å²) in [6.07, 6.45) is 2.11. The van der Waals surface area contributed by atoms with Crippen molar-refractivity contribution in [3.8, 4) is 12.1 Å². The van der Waals surface area contributed by atoms with E-state index in [9.17, 15) is 70.1 Å². The fourth-order valence-electron chi connectivity index (χ4n) is 6.12. The lowest BCUT2D eigenvalue weighted by atomic mass is 10.1. The minimum atomic E-state index is -5.11. The summed E-state index contributed by atoms with van der Waals surface area (Å²) in [6.45, 7) is 6.85. The molecule has 30 nitrogen and oxygen atoms in total. The molecule has 2 aromatic carbocycles. The van der Waals surface area contributed by atoms with Gasteiger partial charge in [-0.25, -0.2) is 35.2 Å². The molecule has 76 heavy (non-hydrogen) atoms. The molecule has 2 aromatic heterocycles. The largest absolute Gasteiger partial charge is 0.397 e. The van der Waals surface area contributed by atoms with Crippen LogP contribution in [0.1, 0.15) is 33.4 Å². The molecule has 0 spiro atoms. The molecular formula is C40H44N12O18S6. The van der Waals surface area contributed by atoms with Gasteiger partial charge in [0.25, 0.3) is 20.2 Å². The molecule has 4 aromatic rings. The van der Waals surface area contributed by atoms with Gasteiger partial charge in [0.05, 0.1) is 47.2 Å². The maximum Gasteiger partial charge on any atom is 0.397 e. The number of sulfone groups is 2. The minimum Gasteiger partial charge on any atom is -0.368 e. The maximum atomic E-state index is 12.7. The Morgan fingerprint density at radius 1 is 0.553 bits per heavy atom. The van der Waals surface area contributed by atoms with Gasteiger partial charge in [0.15, 0.2) is 31.3 Å². The van der Waals surface area contributed by atoms with Gasteiger partial charge in [-0.2, -0.15) is 54.4 Å². The monoisotopic (exact) mass is 1170 g/mol. The highest BCUT2D eigenvalue weighted by Gasteiger charge is 2.22. The number of aromatic nitrogens is 2. The Morgan fingerprint density at radius 3 is 1.22 bits per heavy atom. The molecule has 2 heterocycles. The van der Waals surface area contributed by atoms with Crippen LogP contribution in [0.5, 0.6) is 0 Å². The second kappa shape index (κ2) is 25.6. The number of hydrogen-bond donors (Lipinski definition) is 8. The fourth-order valence-corrected chi connectivity index (χ4v) is 9.22. The van der Waals surface area contributed by atoms with E-state index in [1.54, 1.807) is 0 Å². The van der Waals surface area contributed by atoms with Crippen LogP contribution in [0, 0.1) is 36.5 Å². The Bertz CT molecular complexity index is 3800. The lowest BCUT2D eigenvalue weighted by Gasteiger charge is -2.15. The molecular weight excluding hydrogens is 1130 g/mol. The summed E-state index contributed by atoms with van der Waals surface area (Å²) in [6, 6.07) is 10.2. The Balaban J connectivity index is 1.74. The molecule has 36 heteroatoms. The number of pyridine rings is 2. The molecule has 4 rings (SSSR count). The molecule has 0 aliphatic heterocycles. The van der Waals surface area contributed by atoms with Crippen LogP contribution in [0.2, 0.25) is 0 Å². The summed E-state index contributed by atoms with van der Waals surface area (Å²) >= 11 is 0. The highest BCUT2D eigenvalue weighted by Crippen LogP contribution is 2.37. The second-order valence-electron chi connectivity index (χ2n) is 14.9. The lowest BCUT2D eigenvalue weighted by Crippen LogP contribution is -2.17. The van der Waals surface area contributed by atoms with Gasteiger partial charge in [0.2, 0.25) is 0 Å². The highest BCUT2D eigenvalue weighted by molar-refractivity contribution is 7.94. The van der Waals surface area contributed by atoms with E-state index in [1.165, 1.54) is 26.0 Å². The molecule has 0 bridgehead atoms. The van der Waals surface area contributed by atoms with Gasteiger partial charge in [-0.15, -0.1) is 10.2 Å². The van der Waals surface area contributed by atoms with E-state index in [0.29, 0.717) is 0 Å². The van der Waals surface area contributed by atoms with Gasteiger partial charge in [-0.1, -0.05) is 37.4 Å². The van der Waals surface area contributed by atoms with Gasteiger partial charge in [0.1, 0.15) is 44.9 Å². The predicted octanol–water partition coefficient (Wildman–Crippen LogP) is 4.73. The number of anilines is 4. The van der Waals surface area contributed by atoms with Crippen molar-refractivity contribution in [2.75, 3.05) is 72.2 Å². The number of hydrogen-bond acceptors (Lipinski definition) is 26. The zero-order valence-electron chi connectivity index (χ0n) is 39.4. The lowest BCUT2D eigenvalue weighted by molar-refractivity contribution is 0.277. The molecule has 0 fully saturated rings.